The highest BCUT2D eigenvalue weighted by atomic mass is 35.5. The monoisotopic (exact) mass is 261 g/mol. The molecule has 0 spiro atoms. The van der Waals surface area contributed by atoms with Crippen molar-refractivity contribution in [1.29, 1.82) is 0 Å². The van der Waals surface area contributed by atoms with Gasteiger partial charge in [-0.2, -0.15) is 0 Å². The van der Waals surface area contributed by atoms with Crippen LogP contribution < -0.4 is 4.90 Å². The van der Waals surface area contributed by atoms with Crippen LogP contribution in [0.1, 0.15) is 19.8 Å². The summed E-state index contributed by atoms with van der Waals surface area (Å²) in [5.74, 6) is 1.80. The summed E-state index contributed by atoms with van der Waals surface area (Å²) in [6, 6.07) is 8.08. The first-order valence-corrected chi connectivity index (χ1v) is 6.83. The minimum Gasteiger partial charge on any atom is -0.355 e. The third kappa shape index (κ3) is 2.15. The van der Waals surface area contributed by atoms with Crippen molar-refractivity contribution < 1.29 is 0 Å². The molecule has 0 saturated heterocycles. The van der Waals surface area contributed by atoms with Gasteiger partial charge in [0.25, 0.3) is 0 Å². The molecule has 1 saturated carbocycles. The van der Waals surface area contributed by atoms with Gasteiger partial charge in [-0.25, -0.2) is 0 Å². The Balaban J connectivity index is 2.06. The van der Waals surface area contributed by atoms with Gasteiger partial charge in [0.05, 0.1) is 0 Å². The van der Waals surface area contributed by atoms with Crippen LogP contribution in [0.2, 0.25) is 5.15 Å². The van der Waals surface area contributed by atoms with Crippen LogP contribution in [-0.4, -0.2) is 23.3 Å². The lowest BCUT2D eigenvalue weighted by Crippen LogP contribution is -2.26. The smallest absolute Gasteiger partial charge is 0.159 e. The van der Waals surface area contributed by atoms with Crippen LogP contribution in [-0.2, 0) is 0 Å². The molecule has 1 aliphatic rings. The van der Waals surface area contributed by atoms with Crippen LogP contribution in [0.3, 0.4) is 0 Å². The van der Waals surface area contributed by atoms with E-state index in [0.29, 0.717) is 5.15 Å². The molecule has 2 aromatic rings. The Kier molecular flexibility index (Phi) is 3.08. The van der Waals surface area contributed by atoms with Crippen molar-refractivity contribution >= 4 is 28.2 Å². The third-order valence-electron chi connectivity index (χ3n) is 3.48. The summed E-state index contributed by atoms with van der Waals surface area (Å²) in [5, 5.41) is 10.9. The average Bonchev–Trinajstić information content (AvgIpc) is 3.21. The number of hydrogen-bond acceptors (Lipinski definition) is 3. The Morgan fingerprint density at radius 2 is 1.94 bits per heavy atom. The molecule has 1 aromatic carbocycles. The van der Waals surface area contributed by atoms with Gasteiger partial charge in [-0.05, 0) is 25.7 Å². The lowest BCUT2D eigenvalue weighted by atomic mass is 10.2. The van der Waals surface area contributed by atoms with Gasteiger partial charge in [0.2, 0.25) is 0 Å². The van der Waals surface area contributed by atoms with Crippen molar-refractivity contribution in [1.82, 2.24) is 10.2 Å². The highest BCUT2D eigenvalue weighted by molar-refractivity contribution is 6.34. The van der Waals surface area contributed by atoms with E-state index in [-0.39, 0.29) is 0 Å². The third-order valence-corrected chi connectivity index (χ3v) is 3.76. The molecule has 0 N–H and O–H groups in total. The maximum atomic E-state index is 6.10. The number of aromatic nitrogens is 2. The summed E-state index contributed by atoms with van der Waals surface area (Å²) < 4.78 is 0. The summed E-state index contributed by atoms with van der Waals surface area (Å²) in [6.07, 6.45) is 2.69. The summed E-state index contributed by atoms with van der Waals surface area (Å²) in [6.45, 7) is 4.20. The van der Waals surface area contributed by atoms with Gasteiger partial charge < -0.3 is 4.90 Å². The highest BCUT2D eigenvalue weighted by Gasteiger charge is 2.25. The number of anilines is 1. The quantitative estimate of drug-likeness (QED) is 0.843. The van der Waals surface area contributed by atoms with Crippen molar-refractivity contribution in [2.75, 3.05) is 18.0 Å². The zero-order valence-corrected chi connectivity index (χ0v) is 11.2. The van der Waals surface area contributed by atoms with E-state index in [2.05, 4.69) is 28.1 Å². The molecule has 0 radical (unpaired) electrons. The van der Waals surface area contributed by atoms with Gasteiger partial charge >= 0.3 is 0 Å². The second kappa shape index (κ2) is 4.73. The molecule has 0 atom stereocenters. The van der Waals surface area contributed by atoms with E-state index in [4.69, 9.17) is 11.6 Å². The zero-order chi connectivity index (χ0) is 12.5. The predicted octanol–water partition coefficient (Wildman–Crippen LogP) is 3.52. The lowest BCUT2D eigenvalue weighted by molar-refractivity contribution is 0.728. The fourth-order valence-electron chi connectivity index (χ4n) is 2.27. The lowest BCUT2D eigenvalue weighted by Gasteiger charge is -2.22. The minimum atomic E-state index is 0.483. The van der Waals surface area contributed by atoms with E-state index in [9.17, 15) is 0 Å². The van der Waals surface area contributed by atoms with Crippen molar-refractivity contribution in [2.24, 2.45) is 5.92 Å². The van der Waals surface area contributed by atoms with Gasteiger partial charge in [-0.1, -0.05) is 35.9 Å². The maximum Gasteiger partial charge on any atom is 0.159 e. The Hall–Kier alpha value is -1.35. The first-order valence-electron chi connectivity index (χ1n) is 6.45. The van der Waals surface area contributed by atoms with E-state index in [1.165, 1.54) is 12.8 Å². The van der Waals surface area contributed by atoms with Gasteiger partial charge in [-0.3, -0.25) is 0 Å². The number of rotatable bonds is 4. The van der Waals surface area contributed by atoms with Crippen LogP contribution in [0.15, 0.2) is 24.3 Å². The molecule has 3 rings (SSSR count). The molecule has 1 fully saturated rings. The molecule has 0 amide bonds. The summed E-state index contributed by atoms with van der Waals surface area (Å²) >= 11 is 6.10. The predicted molar refractivity (Wildman–Crippen MR) is 75.2 cm³/mol. The molecule has 0 unspecified atom stereocenters. The van der Waals surface area contributed by atoms with Crippen molar-refractivity contribution in [3.8, 4) is 0 Å². The second-order valence-corrected chi connectivity index (χ2v) is 5.20. The van der Waals surface area contributed by atoms with Gasteiger partial charge in [-0.15, -0.1) is 10.2 Å². The molecular weight excluding hydrogens is 246 g/mol. The van der Waals surface area contributed by atoms with Gasteiger partial charge in [0, 0.05) is 23.9 Å². The van der Waals surface area contributed by atoms with Crippen molar-refractivity contribution in [3.63, 3.8) is 0 Å². The molecule has 4 heteroatoms. The van der Waals surface area contributed by atoms with E-state index in [1.807, 2.05) is 18.2 Å². The Bertz CT molecular complexity index is 566. The molecule has 1 aromatic heterocycles. The standard InChI is InChI=1S/C14H16ClN3/c1-2-18(9-10-7-8-10)14-12-6-4-3-5-11(12)13(15)16-17-14/h3-6,10H,2,7-9H2,1H3. The summed E-state index contributed by atoms with van der Waals surface area (Å²) in [4.78, 5) is 2.31. The molecular formula is C14H16ClN3. The molecule has 0 bridgehead atoms. The first-order chi connectivity index (χ1) is 8.79. The second-order valence-electron chi connectivity index (χ2n) is 4.84. The van der Waals surface area contributed by atoms with Gasteiger partial charge in [0.1, 0.15) is 0 Å². The minimum absolute atomic E-state index is 0.483. The van der Waals surface area contributed by atoms with Gasteiger partial charge in [0.15, 0.2) is 11.0 Å². The Morgan fingerprint density at radius 3 is 2.61 bits per heavy atom. The van der Waals surface area contributed by atoms with E-state index >= 15 is 0 Å². The van der Waals surface area contributed by atoms with Crippen LogP contribution in [0.4, 0.5) is 5.82 Å². The van der Waals surface area contributed by atoms with Crippen molar-refractivity contribution in [3.05, 3.63) is 29.4 Å². The SMILES string of the molecule is CCN(CC1CC1)c1nnc(Cl)c2ccccc12. The number of halogens is 1. The Morgan fingerprint density at radius 1 is 1.22 bits per heavy atom. The maximum absolute atomic E-state index is 6.10. The number of benzene rings is 1. The Labute approximate surface area is 112 Å². The normalized spacial score (nSPS) is 15.0. The summed E-state index contributed by atoms with van der Waals surface area (Å²) in [5.41, 5.74) is 0. The first kappa shape index (κ1) is 11.7. The number of fused-ring (bicyclic) bond motifs is 1. The van der Waals surface area contributed by atoms with E-state index in [1.54, 1.807) is 0 Å². The van der Waals surface area contributed by atoms with Crippen LogP contribution in [0, 0.1) is 5.92 Å². The average molecular weight is 262 g/mol. The van der Waals surface area contributed by atoms with E-state index < -0.39 is 0 Å². The number of nitrogens with zero attached hydrogens (tertiary/aromatic N) is 3. The molecule has 3 nitrogen and oxygen atoms in total. The fourth-order valence-corrected chi connectivity index (χ4v) is 2.47. The van der Waals surface area contributed by atoms with Crippen molar-refractivity contribution in [2.45, 2.75) is 19.8 Å². The van der Waals surface area contributed by atoms with Crippen LogP contribution in [0.5, 0.6) is 0 Å². The van der Waals surface area contributed by atoms with Crippen LogP contribution >= 0.6 is 11.6 Å². The highest BCUT2D eigenvalue weighted by Crippen LogP contribution is 2.33. The molecule has 94 valence electrons. The molecule has 0 aliphatic heterocycles. The molecule has 1 aliphatic carbocycles. The van der Waals surface area contributed by atoms with Crippen LogP contribution in [0.25, 0.3) is 10.8 Å². The zero-order valence-electron chi connectivity index (χ0n) is 10.4. The largest absolute Gasteiger partial charge is 0.355 e. The van der Waals surface area contributed by atoms with E-state index in [0.717, 1.165) is 35.6 Å². The molecule has 18 heavy (non-hydrogen) atoms. The fraction of sp³-hybridized carbons (Fsp3) is 0.429. The number of hydrogen-bond donors (Lipinski definition) is 0. The molecule has 1 heterocycles. The topological polar surface area (TPSA) is 29.0 Å². The summed E-state index contributed by atoms with van der Waals surface area (Å²) in [7, 11) is 0.